The second-order valence-electron chi connectivity index (χ2n) is 3.90. The zero-order valence-electron chi connectivity index (χ0n) is 9.43. The lowest BCUT2D eigenvalue weighted by Crippen LogP contribution is -2.41. The standard InChI is InChI=1S/C13H14ClNO2/c1-2-13(16)15-7-8-17-12(9-15)10-3-5-11(14)6-4-10/h2-6,12H,1,7-9H2/t12-/m0/s1. The molecule has 17 heavy (non-hydrogen) atoms. The van der Waals surface area contributed by atoms with E-state index in [1.54, 1.807) is 4.90 Å². The molecule has 1 aliphatic heterocycles. The second-order valence-corrected chi connectivity index (χ2v) is 4.34. The van der Waals surface area contributed by atoms with Crippen molar-refractivity contribution in [3.8, 4) is 0 Å². The van der Waals surface area contributed by atoms with Crippen LogP contribution in [0.3, 0.4) is 0 Å². The zero-order chi connectivity index (χ0) is 12.3. The normalized spacial score (nSPS) is 20.1. The van der Waals surface area contributed by atoms with Gasteiger partial charge in [-0.05, 0) is 23.8 Å². The van der Waals surface area contributed by atoms with E-state index in [4.69, 9.17) is 16.3 Å². The van der Waals surface area contributed by atoms with Crippen LogP contribution in [0.25, 0.3) is 0 Å². The van der Waals surface area contributed by atoms with Crippen molar-refractivity contribution in [3.05, 3.63) is 47.5 Å². The lowest BCUT2D eigenvalue weighted by Gasteiger charge is -2.32. The van der Waals surface area contributed by atoms with Gasteiger partial charge in [0, 0.05) is 11.6 Å². The fourth-order valence-electron chi connectivity index (χ4n) is 1.86. The van der Waals surface area contributed by atoms with Crippen LogP contribution in [0.1, 0.15) is 11.7 Å². The van der Waals surface area contributed by atoms with Gasteiger partial charge in [-0.15, -0.1) is 0 Å². The predicted molar refractivity (Wildman–Crippen MR) is 66.9 cm³/mol. The van der Waals surface area contributed by atoms with Crippen LogP contribution in [0, 0.1) is 0 Å². The van der Waals surface area contributed by atoms with E-state index in [2.05, 4.69) is 6.58 Å². The third-order valence-corrected chi connectivity index (χ3v) is 3.05. The number of hydrogen-bond acceptors (Lipinski definition) is 2. The minimum atomic E-state index is -0.0788. The smallest absolute Gasteiger partial charge is 0.246 e. The maximum atomic E-state index is 11.5. The average Bonchev–Trinajstić information content (AvgIpc) is 2.39. The number of ether oxygens (including phenoxy) is 1. The molecule has 1 amide bonds. The fourth-order valence-corrected chi connectivity index (χ4v) is 1.98. The van der Waals surface area contributed by atoms with Crippen molar-refractivity contribution in [2.45, 2.75) is 6.10 Å². The minimum Gasteiger partial charge on any atom is -0.370 e. The molecule has 1 aliphatic rings. The van der Waals surface area contributed by atoms with E-state index in [0.29, 0.717) is 24.7 Å². The predicted octanol–water partition coefficient (Wildman–Crippen LogP) is 2.43. The highest BCUT2D eigenvalue weighted by atomic mass is 35.5. The first-order valence-corrected chi connectivity index (χ1v) is 5.87. The Morgan fingerprint density at radius 2 is 2.18 bits per heavy atom. The van der Waals surface area contributed by atoms with Crippen LogP contribution in [0.5, 0.6) is 0 Å². The summed E-state index contributed by atoms with van der Waals surface area (Å²) in [4.78, 5) is 13.3. The molecule has 0 saturated carbocycles. The Morgan fingerprint density at radius 1 is 1.47 bits per heavy atom. The number of morpholine rings is 1. The third kappa shape index (κ3) is 2.87. The summed E-state index contributed by atoms with van der Waals surface area (Å²) in [6.45, 7) is 5.23. The largest absolute Gasteiger partial charge is 0.370 e. The molecule has 0 N–H and O–H groups in total. The summed E-state index contributed by atoms with van der Waals surface area (Å²) in [5.74, 6) is -0.0488. The molecule has 1 heterocycles. The first-order chi connectivity index (χ1) is 8.20. The van der Waals surface area contributed by atoms with Gasteiger partial charge >= 0.3 is 0 Å². The Hall–Kier alpha value is -1.32. The zero-order valence-corrected chi connectivity index (χ0v) is 10.2. The lowest BCUT2D eigenvalue weighted by atomic mass is 10.1. The highest BCUT2D eigenvalue weighted by molar-refractivity contribution is 6.30. The average molecular weight is 252 g/mol. The van der Waals surface area contributed by atoms with Crippen LogP contribution in [-0.2, 0) is 9.53 Å². The number of rotatable bonds is 2. The topological polar surface area (TPSA) is 29.5 Å². The number of amides is 1. The molecule has 0 bridgehead atoms. The van der Waals surface area contributed by atoms with Gasteiger partial charge in [0.05, 0.1) is 13.2 Å². The molecular formula is C13H14ClNO2. The Morgan fingerprint density at radius 3 is 2.82 bits per heavy atom. The first kappa shape index (κ1) is 12.1. The van der Waals surface area contributed by atoms with Crippen molar-refractivity contribution in [1.29, 1.82) is 0 Å². The molecule has 3 nitrogen and oxygen atoms in total. The van der Waals surface area contributed by atoms with Gasteiger partial charge in [0.15, 0.2) is 0 Å². The van der Waals surface area contributed by atoms with Crippen LogP contribution < -0.4 is 0 Å². The molecule has 0 spiro atoms. The molecule has 0 aromatic heterocycles. The van der Waals surface area contributed by atoms with Crippen molar-refractivity contribution in [2.75, 3.05) is 19.7 Å². The Balaban J connectivity index is 2.09. The number of halogens is 1. The highest BCUT2D eigenvalue weighted by Crippen LogP contribution is 2.23. The summed E-state index contributed by atoms with van der Waals surface area (Å²) in [5.41, 5.74) is 1.04. The van der Waals surface area contributed by atoms with Gasteiger partial charge in [0.1, 0.15) is 6.10 Å². The van der Waals surface area contributed by atoms with E-state index in [-0.39, 0.29) is 12.0 Å². The summed E-state index contributed by atoms with van der Waals surface area (Å²) in [6.07, 6.45) is 1.26. The van der Waals surface area contributed by atoms with Gasteiger partial charge in [-0.2, -0.15) is 0 Å². The van der Waals surface area contributed by atoms with E-state index in [9.17, 15) is 4.79 Å². The summed E-state index contributed by atoms with van der Waals surface area (Å²) in [7, 11) is 0. The number of carbonyl (C=O) groups excluding carboxylic acids is 1. The quantitative estimate of drug-likeness (QED) is 0.756. The first-order valence-electron chi connectivity index (χ1n) is 5.49. The Kier molecular flexibility index (Phi) is 3.82. The summed E-state index contributed by atoms with van der Waals surface area (Å²) >= 11 is 5.83. The molecule has 2 rings (SSSR count). The van der Waals surface area contributed by atoms with Crippen LogP contribution in [0.4, 0.5) is 0 Å². The molecule has 1 saturated heterocycles. The molecule has 1 aromatic rings. The molecule has 1 fully saturated rings. The molecule has 0 unspecified atom stereocenters. The maximum Gasteiger partial charge on any atom is 0.246 e. The van der Waals surface area contributed by atoms with Gasteiger partial charge in [-0.25, -0.2) is 0 Å². The van der Waals surface area contributed by atoms with Crippen molar-refractivity contribution in [1.82, 2.24) is 4.90 Å². The number of benzene rings is 1. The molecule has 4 heteroatoms. The van der Waals surface area contributed by atoms with Gasteiger partial charge in [-0.3, -0.25) is 4.79 Å². The SMILES string of the molecule is C=CC(=O)N1CCO[C@H](c2ccc(Cl)cc2)C1. The lowest BCUT2D eigenvalue weighted by molar-refractivity contribution is -0.133. The van der Waals surface area contributed by atoms with Crippen LogP contribution >= 0.6 is 11.6 Å². The van der Waals surface area contributed by atoms with Crippen molar-refractivity contribution >= 4 is 17.5 Å². The molecule has 1 aromatic carbocycles. The minimum absolute atomic E-state index is 0.0488. The highest BCUT2D eigenvalue weighted by Gasteiger charge is 2.23. The van der Waals surface area contributed by atoms with E-state index < -0.39 is 0 Å². The van der Waals surface area contributed by atoms with Crippen molar-refractivity contribution in [2.24, 2.45) is 0 Å². The molecular weight excluding hydrogens is 238 g/mol. The summed E-state index contributed by atoms with van der Waals surface area (Å²) in [6, 6.07) is 7.51. The molecule has 1 atom stereocenters. The van der Waals surface area contributed by atoms with Gasteiger partial charge < -0.3 is 9.64 Å². The van der Waals surface area contributed by atoms with Crippen LogP contribution in [0.15, 0.2) is 36.9 Å². The van der Waals surface area contributed by atoms with E-state index in [1.165, 1.54) is 6.08 Å². The van der Waals surface area contributed by atoms with Gasteiger partial charge in [0.2, 0.25) is 5.91 Å². The monoisotopic (exact) mass is 251 g/mol. The maximum absolute atomic E-state index is 11.5. The molecule has 0 radical (unpaired) electrons. The Bertz CT molecular complexity index is 416. The van der Waals surface area contributed by atoms with Crippen molar-refractivity contribution in [3.63, 3.8) is 0 Å². The van der Waals surface area contributed by atoms with Crippen LogP contribution in [-0.4, -0.2) is 30.5 Å². The van der Waals surface area contributed by atoms with Gasteiger partial charge in [0.25, 0.3) is 0 Å². The Labute approximate surface area is 106 Å². The summed E-state index contributed by atoms with van der Waals surface area (Å²) in [5, 5.41) is 0.698. The molecule has 0 aliphatic carbocycles. The van der Waals surface area contributed by atoms with Crippen LogP contribution in [0.2, 0.25) is 5.02 Å². The van der Waals surface area contributed by atoms with Gasteiger partial charge in [-0.1, -0.05) is 30.3 Å². The van der Waals surface area contributed by atoms with E-state index in [0.717, 1.165) is 5.56 Å². The summed E-state index contributed by atoms with van der Waals surface area (Å²) < 4.78 is 5.66. The number of carbonyl (C=O) groups is 1. The fraction of sp³-hybridized carbons (Fsp3) is 0.308. The van der Waals surface area contributed by atoms with E-state index >= 15 is 0 Å². The third-order valence-electron chi connectivity index (χ3n) is 2.79. The number of nitrogens with zero attached hydrogens (tertiary/aromatic N) is 1. The number of hydrogen-bond donors (Lipinski definition) is 0. The van der Waals surface area contributed by atoms with E-state index in [1.807, 2.05) is 24.3 Å². The molecule has 90 valence electrons. The second kappa shape index (κ2) is 5.34. The van der Waals surface area contributed by atoms with Crippen molar-refractivity contribution < 1.29 is 9.53 Å².